The number of rotatable bonds is 1. The van der Waals surface area contributed by atoms with Crippen molar-refractivity contribution in [2.75, 3.05) is 0 Å². The largest absolute Gasteiger partial charge is 0.251 e. The molecule has 4 aromatic carbocycles. The van der Waals surface area contributed by atoms with Crippen LogP contribution in [0.2, 0.25) is 0 Å². The molecular weight excluding hydrogens is 406 g/mol. The van der Waals surface area contributed by atoms with Crippen molar-refractivity contribution in [1.82, 2.24) is 0 Å². The number of hydrogen-bond acceptors (Lipinski definition) is 1. The molecule has 1 heterocycles. The molecule has 0 saturated carbocycles. The average Bonchev–Trinajstić information content (AvgIpc) is 3.24. The molecule has 0 N–H and O–H groups in total. The molecule has 0 unspecified atom stereocenters. The zero-order valence-electron chi connectivity index (χ0n) is 15.1. The Kier molecular flexibility index (Phi) is 3.30. The Hall–Kier alpha value is -2.97. The molecule has 0 amide bonds. The molecular formula is C26H16BrN. The minimum absolute atomic E-state index is 0.370. The van der Waals surface area contributed by atoms with Gasteiger partial charge in [-0.1, -0.05) is 101 Å². The molecule has 1 spiro atoms. The fraction of sp³-hybridized carbons (Fsp3) is 0.0385. The Balaban J connectivity index is 1.79. The lowest BCUT2D eigenvalue weighted by atomic mass is 9.68. The number of hydrogen-bond donors (Lipinski definition) is 0. The van der Waals surface area contributed by atoms with E-state index in [1.54, 1.807) is 0 Å². The van der Waals surface area contributed by atoms with Crippen molar-refractivity contribution < 1.29 is 0 Å². The highest BCUT2D eigenvalue weighted by Crippen LogP contribution is 2.59. The van der Waals surface area contributed by atoms with Crippen LogP contribution in [-0.4, -0.2) is 5.71 Å². The summed E-state index contributed by atoms with van der Waals surface area (Å²) in [6.45, 7) is 0. The highest BCUT2D eigenvalue weighted by molar-refractivity contribution is 9.10. The van der Waals surface area contributed by atoms with Crippen molar-refractivity contribution in [1.29, 1.82) is 0 Å². The molecule has 0 atom stereocenters. The first kappa shape index (κ1) is 16.0. The molecule has 2 heteroatoms. The summed E-state index contributed by atoms with van der Waals surface area (Å²) in [4.78, 5) is 5.20. The van der Waals surface area contributed by atoms with E-state index in [2.05, 4.69) is 113 Å². The molecule has 1 nitrogen and oxygen atoms in total. The van der Waals surface area contributed by atoms with Gasteiger partial charge in [0, 0.05) is 4.47 Å². The van der Waals surface area contributed by atoms with Gasteiger partial charge in [-0.15, -0.1) is 0 Å². The molecule has 4 aromatic rings. The first-order valence-corrected chi connectivity index (χ1v) is 10.2. The Bertz CT molecular complexity index is 1230. The van der Waals surface area contributed by atoms with Crippen LogP contribution in [-0.2, 0) is 5.41 Å². The van der Waals surface area contributed by atoms with Crippen LogP contribution >= 0.6 is 15.9 Å². The Labute approximate surface area is 172 Å². The van der Waals surface area contributed by atoms with Crippen LogP contribution < -0.4 is 0 Å². The number of fused-ring (bicyclic) bond motifs is 7. The molecule has 0 fully saturated rings. The first-order chi connectivity index (χ1) is 13.8. The minimum Gasteiger partial charge on any atom is -0.251 e. The van der Waals surface area contributed by atoms with E-state index in [-0.39, 0.29) is 5.41 Å². The van der Waals surface area contributed by atoms with E-state index in [4.69, 9.17) is 4.99 Å². The summed E-state index contributed by atoms with van der Waals surface area (Å²) >= 11 is 3.63. The lowest BCUT2D eigenvalue weighted by Gasteiger charge is -2.30. The monoisotopic (exact) mass is 421 g/mol. The van der Waals surface area contributed by atoms with Crippen molar-refractivity contribution in [2.45, 2.75) is 5.41 Å². The standard InChI is InChI=1S/C26H16BrN/c27-18-14-15-23-24(16-18)28-25(17-8-2-1-3-9-17)26(23)21-12-6-4-10-19(21)20-11-5-7-13-22(20)26/h1-16H. The van der Waals surface area contributed by atoms with Crippen LogP contribution in [0.15, 0.2) is 107 Å². The van der Waals surface area contributed by atoms with Gasteiger partial charge in [-0.25, -0.2) is 0 Å². The van der Waals surface area contributed by atoms with E-state index in [0.717, 1.165) is 15.9 Å². The van der Waals surface area contributed by atoms with E-state index >= 15 is 0 Å². The average molecular weight is 422 g/mol. The van der Waals surface area contributed by atoms with Gasteiger partial charge in [0.15, 0.2) is 0 Å². The molecule has 0 bridgehead atoms. The van der Waals surface area contributed by atoms with E-state index < -0.39 is 0 Å². The van der Waals surface area contributed by atoms with Crippen LogP contribution in [0.1, 0.15) is 22.3 Å². The van der Waals surface area contributed by atoms with Crippen LogP contribution in [0.5, 0.6) is 0 Å². The predicted molar refractivity (Wildman–Crippen MR) is 119 cm³/mol. The zero-order valence-corrected chi connectivity index (χ0v) is 16.6. The summed E-state index contributed by atoms with van der Waals surface area (Å²) in [5, 5.41) is 0. The van der Waals surface area contributed by atoms with Gasteiger partial charge < -0.3 is 0 Å². The van der Waals surface area contributed by atoms with Gasteiger partial charge in [0.2, 0.25) is 0 Å². The lowest BCUT2D eigenvalue weighted by molar-refractivity contribution is 0.881. The number of nitrogens with zero attached hydrogens (tertiary/aromatic N) is 1. The topological polar surface area (TPSA) is 12.4 Å². The minimum atomic E-state index is -0.370. The van der Waals surface area contributed by atoms with Gasteiger partial charge in [-0.2, -0.15) is 0 Å². The fourth-order valence-electron chi connectivity index (χ4n) is 4.90. The summed E-state index contributed by atoms with van der Waals surface area (Å²) in [7, 11) is 0. The fourth-order valence-corrected chi connectivity index (χ4v) is 5.25. The highest BCUT2D eigenvalue weighted by atomic mass is 79.9. The maximum absolute atomic E-state index is 5.20. The van der Waals surface area contributed by atoms with Gasteiger partial charge in [0.05, 0.1) is 16.8 Å². The zero-order chi connectivity index (χ0) is 18.7. The van der Waals surface area contributed by atoms with Gasteiger partial charge in [0.25, 0.3) is 0 Å². The van der Waals surface area contributed by atoms with E-state index in [0.29, 0.717) is 0 Å². The van der Waals surface area contributed by atoms with Gasteiger partial charge >= 0.3 is 0 Å². The number of halogens is 1. The smallest absolute Gasteiger partial charge is 0.0912 e. The Morgan fingerprint density at radius 3 is 1.89 bits per heavy atom. The molecule has 0 saturated heterocycles. The Morgan fingerprint density at radius 2 is 1.21 bits per heavy atom. The van der Waals surface area contributed by atoms with Crippen molar-refractivity contribution in [3.8, 4) is 11.1 Å². The molecule has 0 radical (unpaired) electrons. The number of aliphatic imine (C=N–C) groups is 1. The molecule has 132 valence electrons. The molecule has 1 aliphatic heterocycles. The van der Waals surface area contributed by atoms with Crippen molar-refractivity contribution in [3.05, 3.63) is 124 Å². The molecule has 1 aliphatic carbocycles. The third kappa shape index (κ3) is 1.93. The van der Waals surface area contributed by atoms with Crippen molar-refractivity contribution in [2.24, 2.45) is 4.99 Å². The summed E-state index contributed by atoms with van der Waals surface area (Å²) in [6.07, 6.45) is 0. The maximum atomic E-state index is 5.20. The van der Waals surface area contributed by atoms with Gasteiger partial charge in [-0.3, -0.25) is 4.99 Å². The third-order valence-electron chi connectivity index (χ3n) is 5.95. The van der Waals surface area contributed by atoms with E-state index in [1.165, 1.54) is 33.4 Å². The normalized spacial score (nSPS) is 15.1. The molecule has 0 aromatic heterocycles. The molecule has 2 aliphatic rings. The molecule has 28 heavy (non-hydrogen) atoms. The van der Waals surface area contributed by atoms with Gasteiger partial charge in [-0.05, 0) is 45.5 Å². The summed E-state index contributed by atoms with van der Waals surface area (Å²) in [6, 6.07) is 34.7. The second-order valence-electron chi connectivity index (χ2n) is 7.33. The third-order valence-corrected chi connectivity index (χ3v) is 6.44. The number of benzene rings is 4. The molecule has 6 rings (SSSR count). The Morgan fingerprint density at radius 1 is 0.607 bits per heavy atom. The highest BCUT2D eigenvalue weighted by Gasteiger charge is 2.52. The van der Waals surface area contributed by atoms with Crippen LogP contribution in [0.3, 0.4) is 0 Å². The second-order valence-corrected chi connectivity index (χ2v) is 8.24. The SMILES string of the molecule is Brc1ccc2c(c1)N=C(c1ccccc1)C21c2ccccc2-c2ccccc21. The summed E-state index contributed by atoms with van der Waals surface area (Å²) in [5.41, 5.74) is 9.45. The summed E-state index contributed by atoms with van der Waals surface area (Å²) < 4.78 is 1.05. The van der Waals surface area contributed by atoms with Crippen LogP contribution in [0.4, 0.5) is 5.69 Å². The van der Waals surface area contributed by atoms with E-state index in [9.17, 15) is 0 Å². The van der Waals surface area contributed by atoms with Gasteiger partial charge in [0.1, 0.15) is 0 Å². The lowest BCUT2D eigenvalue weighted by Crippen LogP contribution is -2.34. The van der Waals surface area contributed by atoms with Crippen LogP contribution in [0, 0.1) is 0 Å². The van der Waals surface area contributed by atoms with Crippen LogP contribution in [0.25, 0.3) is 11.1 Å². The second kappa shape index (κ2) is 5.76. The van der Waals surface area contributed by atoms with E-state index in [1.807, 2.05) is 0 Å². The van der Waals surface area contributed by atoms with Crippen molar-refractivity contribution >= 4 is 27.3 Å². The maximum Gasteiger partial charge on any atom is 0.0912 e. The van der Waals surface area contributed by atoms with Crippen molar-refractivity contribution in [3.63, 3.8) is 0 Å². The first-order valence-electron chi connectivity index (χ1n) is 9.44. The predicted octanol–water partition coefficient (Wildman–Crippen LogP) is 6.90. The quantitative estimate of drug-likeness (QED) is 0.317. The summed E-state index contributed by atoms with van der Waals surface area (Å²) in [5.74, 6) is 0.